The smallest absolute Gasteiger partial charge is 0.271 e. The summed E-state index contributed by atoms with van der Waals surface area (Å²) in [6, 6.07) is 10.5. The second-order valence-electron chi connectivity index (χ2n) is 6.55. The van der Waals surface area contributed by atoms with Crippen molar-refractivity contribution in [2.75, 3.05) is 11.9 Å². The van der Waals surface area contributed by atoms with E-state index >= 15 is 0 Å². The highest BCUT2D eigenvalue weighted by atomic mass is 16.6. The molecule has 0 aromatic heterocycles. The van der Waals surface area contributed by atoms with Gasteiger partial charge in [-0.05, 0) is 23.1 Å². The van der Waals surface area contributed by atoms with Gasteiger partial charge in [0.05, 0.1) is 4.92 Å². The molecule has 25 heavy (non-hydrogen) atoms. The third-order valence-electron chi connectivity index (χ3n) is 3.54. The lowest BCUT2D eigenvalue weighted by Crippen LogP contribution is -2.21. The minimum atomic E-state index is -0.637. The summed E-state index contributed by atoms with van der Waals surface area (Å²) in [5.41, 5.74) is 0.735. The zero-order valence-electron chi connectivity index (χ0n) is 14.2. The van der Waals surface area contributed by atoms with Gasteiger partial charge in [-0.3, -0.25) is 14.9 Å². The van der Waals surface area contributed by atoms with Gasteiger partial charge in [-0.1, -0.05) is 44.7 Å². The number of hydrogen-bond donors (Lipinski definition) is 1. The molecule has 1 amide bonds. The van der Waals surface area contributed by atoms with Crippen LogP contribution in [0.2, 0.25) is 0 Å². The Hall–Kier alpha value is -3.09. The molecule has 2 aromatic rings. The second kappa shape index (κ2) is 7.21. The van der Waals surface area contributed by atoms with Crippen LogP contribution in [0, 0.1) is 10.1 Å². The number of ether oxygens (including phenoxy) is 1. The summed E-state index contributed by atoms with van der Waals surface area (Å²) in [7, 11) is 0. The zero-order valence-corrected chi connectivity index (χ0v) is 14.2. The average molecular weight is 343 g/mol. The molecule has 2 aromatic carbocycles. The molecule has 0 heterocycles. The molecule has 0 atom stereocenters. The van der Waals surface area contributed by atoms with Crippen LogP contribution < -0.4 is 15.2 Å². The second-order valence-corrected chi connectivity index (χ2v) is 6.55. The van der Waals surface area contributed by atoms with E-state index in [1.807, 2.05) is 12.1 Å². The molecule has 0 bridgehead atoms. The summed E-state index contributed by atoms with van der Waals surface area (Å²) in [6.45, 7) is 5.97. The fourth-order valence-corrected chi connectivity index (χ4v) is 2.12. The molecule has 0 fully saturated rings. The first-order valence-electron chi connectivity index (χ1n) is 7.65. The van der Waals surface area contributed by atoms with Crippen molar-refractivity contribution in [2.24, 2.45) is 0 Å². The predicted molar refractivity (Wildman–Crippen MR) is 91.8 cm³/mol. The fourth-order valence-electron chi connectivity index (χ4n) is 2.12. The number of carbonyl (C=O) groups is 1. The lowest BCUT2D eigenvalue weighted by atomic mass is 9.87. The average Bonchev–Trinajstić information content (AvgIpc) is 2.54. The standard InChI is InChI=1S/C18H20N2O5/c1-18(2,3)12-4-7-14(8-5-12)25-11-17(22)19-15-10-13(20(23)24)6-9-16(15)21/h4-10,21H,11H2,1-3H3,(H,19,22)/p-1. The number of non-ortho nitro benzene ring substituents is 1. The topological polar surface area (TPSA) is 105 Å². The molecule has 0 unspecified atom stereocenters. The van der Waals surface area contributed by atoms with Crippen LogP contribution in [0.1, 0.15) is 26.3 Å². The molecule has 0 radical (unpaired) electrons. The Morgan fingerprint density at radius 1 is 1.16 bits per heavy atom. The Labute approximate surface area is 145 Å². The Morgan fingerprint density at radius 3 is 2.36 bits per heavy atom. The number of hydrogen-bond acceptors (Lipinski definition) is 5. The van der Waals surface area contributed by atoms with Crippen molar-refractivity contribution in [3.8, 4) is 11.5 Å². The molecular weight excluding hydrogens is 324 g/mol. The number of amides is 1. The van der Waals surface area contributed by atoms with Gasteiger partial charge in [-0.25, -0.2) is 0 Å². The molecule has 0 saturated carbocycles. The van der Waals surface area contributed by atoms with Crippen molar-refractivity contribution in [1.29, 1.82) is 0 Å². The molecule has 7 nitrogen and oxygen atoms in total. The predicted octanol–water partition coefficient (Wildman–Crippen LogP) is 2.98. The van der Waals surface area contributed by atoms with Crippen molar-refractivity contribution in [3.05, 3.63) is 58.1 Å². The number of anilines is 1. The number of nitro benzene ring substituents is 1. The van der Waals surface area contributed by atoms with Crippen LogP contribution in [0.4, 0.5) is 11.4 Å². The van der Waals surface area contributed by atoms with Crippen molar-refractivity contribution in [2.45, 2.75) is 26.2 Å². The molecule has 0 aliphatic carbocycles. The normalized spacial score (nSPS) is 11.0. The van der Waals surface area contributed by atoms with Crippen molar-refractivity contribution >= 4 is 17.3 Å². The van der Waals surface area contributed by atoms with E-state index in [9.17, 15) is 20.0 Å². The number of nitrogens with zero attached hydrogens (tertiary/aromatic N) is 1. The fraction of sp³-hybridized carbons (Fsp3) is 0.278. The molecule has 0 aliphatic rings. The number of carbonyl (C=O) groups excluding carboxylic acids is 1. The summed E-state index contributed by atoms with van der Waals surface area (Å²) >= 11 is 0. The van der Waals surface area contributed by atoms with Gasteiger partial charge in [0.25, 0.3) is 11.6 Å². The summed E-state index contributed by atoms with van der Waals surface area (Å²) in [5.74, 6) is -0.560. The lowest BCUT2D eigenvalue weighted by molar-refractivity contribution is -0.385. The quantitative estimate of drug-likeness (QED) is 0.664. The molecule has 1 N–H and O–H groups in total. The van der Waals surface area contributed by atoms with Gasteiger partial charge in [0.2, 0.25) is 0 Å². The minimum absolute atomic E-state index is 0.0163. The number of nitro groups is 1. The maximum atomic E-state index is 11.9. The van der Waals surface area contributed by atoms with E-state index in [1.54, 1.807) is 12.1 Å². The third-order valence-corrected chi connectivity index (χ3v) is 3.54. The highest BCUT2D eigenvalue weighted by Crippen LogP contribution is 2.26. The first kappa shape index (κ1) is 18.3. The molecule has 0 saturated heterocycles. The van der Waals surface area contributed by atoms with Gasteiger partial charge in [-0.15, -0.1) is 0 Å². The van der Waals surface area contributed by atoms with Crippen LogP contribution in [0.25, 0.3) is 0 Å². The largest absolute Gasteiger partial charge is 0.871 e. The molecule has 7 heteroatoms. The van der Waals surface area contributed by atoms with Crippen molar-refractivity contribution in [3.63, 3.8) is 0 Å². The molecule has 2 rings (SSSR count). The molecular formula is C18H19N2O5-. The van der Waals surface area contributed by atoms with Gasteiger partial charge in [0.15, 0.2) is 6.61 Å². The number of rotatable bonds is 5. The summed E-state index contributed by atoms with van der Waals surface area (Å²) in [6.07, 6.45) is 0. The first-order valence-corrected chi connectivity index (χ1v) is 7.65. The highest BCUT2D eigenvalue weighted by molar-refractivity contribution is 5.93. The van der Waals surface area contributed by atoms with E-state index < -0.39 is 16.6 Å². The monoisotopic (exact) mass is 343 g/mol. The van der Waals surface area contributed by atoms with Crippen molar-refractivity contribution in [1.82, 2.24) is 0 Å². The third kappa shape index (κ3) is 4.94. The maximum absolute atomic E-state index is 11.9. The lowest BCUT2D eigenvalue weighted by Gasteiger charge is -2.19. The molecule has 0 spiro atoms. The zero-order chi connectivity index (χ0) is 18.6. The van der Waals surface area contributed by atoms with E-state index in [0.717, 1.165) is 23.8 Å². The van der Waals surface area contributed by atoms with Crippen LogP contribution in [0.3, 0.4) is 0 Å². The summed E-state index contributed by atoms with van der Waals surface area (Å²) in [5, 5.41) is 24.7. The number of benzene rings is 2. The van der Waals surface area contributed by atoms with Crippen LogP contribution in [-0.2, 0) is 10.2 Å². The van der Waals surface area contributed by atoms with Crippen LogP contribution in [0.15, 0.2) is 42.5 Å². The minimum Gasteiger partial charge on any atom is -0.871 e. The molecule has 0 aliphatic heterocycles. The van der Waals surface area contributed by atoms with Gasteiger partial charge in [-0.2, -0.15) is 0 Å². The van der Waals surface area contributed by atoms with E-state index in [0.29, 0.717) is 5.75 Å². The van der Waals surface area contributed by atoms with Crippen molar-refractivity contribution < 1.29 is 19.6 Å². The van der Waals surface area contributed by atoms with E-state index in [-0.39, 0.29) is 23.4 Å². The van der Waals surface area contributed by atoms with Crippen LogP contribution in [-0.4, -0.2) is 17.4 Å². The summed E-state index contributed by atoms with van der Waals surface area (Å²) < 4.78 is 5.38. The van der Waals surface area contributed by atoms with E-state index in [2.05, 4.69) is 26.1 Å². The number of nitrogens with one attached hydrogen (secondary N) is 1. The highest BCUT2D eigenvalue weighted by Gasteiger charge is 2.13. The first-order chi connectivity index (χ1) is 11.7. The Kier molecular flexibility index (Phi) is 5.26. The Balaban J connectivity index is 1.97. The van der Waals surface area contributed by atoms with Gasteiger partial charge in [0, 0.05) is 17.8 Å². The Morgan fingerprint density at radius 2 is 1.80 bits per heavy atom. The van der Waals surface area contributed by atoms with E-state index in [1.165, 1.54) is 0 Å². The van der Waals surface area contributed by atoms with Crippen LogP contribution >= 0.6 is 0 Å². The van der Waals surface area contributed by atoms with Gasteiger partial charge >= 0.3 is 0 Å². The Bertz CT molecular complexity index is 779. The van der Waals surface area contributed by atoms with Gasteiger partial charge in [0.1, 0.15) is 5.75 Å². The maximum Gasteiger partial charge on any atom is 0.271 e. The van der Waals surface area contributed by atoms with Gasteiger partial charge < -0.3 is 15.2 Å². The van der Waals surface area contributed by atoms with Crippen LogP contribution in [0.5, 0.6) is 11.5 Å². The molecule has 132 valence electrons. The summed E-state index contributed by atoms with van der Waals surface area (Å²) in [4.78, 5) is 22.0. The SMILES string of the molecule is CC(C)(C)c1ccc(OCC(=O)Nc2cc([N+](=O)[O-])ccc2[O-])cc1. The van der Waals surface area contributed by atoms with E-state index in [4.69, 9.17) is 4.74 Å².